The highest BCUT2D eigenvalue weighted by molar-refractivity contribution is 5.76. The lowest BCUT2D eigenvalue weighted by Crippen LogP contribution is -2.09. The number of rotatable bonds is 3. The second-order valence-corrected chi connectivity index (χ2v) is 3.97. The highest BCUT2D eigenvalue weighted by Gasteiger charge is 2.00. The third-order valence-corrected chi connectivity index (χ3v) is 2.65. The Morgan fingerprint density at radius 3 is 2.89 bits per heavy atom. The number of aromatic nitrogens is 3. The molecule has 2 rings (SSSR count). The molecule has 2 aromatic rings. The van der Waals surface area contributed by atoms with Crippen LogP contribution in [-0.4, -0.2) is 15.0 Å². The van der Waals surface area contributed by atoms with E-state index in [0.717, 1.165) is 5.57 Å². The smallest absolute Gasteiger partial charge is 0.259 e. The second kappa shape index (κ2) is 5.91. The fourth-order valence-electron chi connectivity index (χ4n) is 1.70. The van der Waals surface area contributed by atoms with E-state index in [0.29, 0.717) is 16.7 Å². The van der Waals surface area contributed by atoms with Gasteiger partial charge in [-0.15, -0.1) is 0 Å². The molecule has 4 nitrogen and oxygen atoms in total. The maximum absolute atomic E-state index is 11.9. The molecule has 0 aliphatic rings. The van der Waals surface area contributed by atoms with Gasteiger partial charge in [-0.25, -0.2) is 4.98 Å². The summed E-state index contributed by atoms with van der Waals surface area (Å²) in [5.41, 5.74) is 1.50. The van der Waals surface area contributed by atoms with E-state index in [1.807, 2.05) is 38.2 Å². The van der Waals surface area contributed by atoms with Crippen molar-refractivity contribution in [1.29, 1.82) is 0 Å². The van der Waals surface area contributed by atoms with Crippen molar-refractivity contribution in [2.75, 3.05) is 0 Å². The molecule has 0 amide bonds. The number of aromatic amines is 1. The summed E-state index contributed by atoms with van der Waals surface area (Å²) in [7, 11) is 0. The molecule has 2 aromatic heterocycles. The third-order valence-electron chi connectivity index (χ3n) is 2.65. The van der Waals surface area contributed by atoms with Crippen LogP contribution < -0.4 is 5.56 Å². The summed E-state index contributed by atoms with van der Waals surface area (Å²) >= 11 is 0. The third kappa shape index (κ3) is 3.04. The summed E-state index contributed by atoms with van der Waals surface area (Å²) in [4.78, 5) is 22.9. The molecule has 0 aromatic carbocycles. The van der Waals surface area contributed by atoms with Crippen LogP contribution in [0.1, 0.15) is 19.7 Å². The van der Waals surface area contributed by atoms with Crippen molar-refractivity contribution >= 4 is 17.0 Å². The molecule has 0 atom stereocenters. The summed E-state index contributed by atoms with van der Waals surface area (Å²) < 4.78 is 0. The minimum Gasteiger partial charge on any atom is -0.306 e. The van der Waals surface area contributed by atoms with Gasteiger partial charge in [0.2, 0.25) is 0 Å². The average molecular weight is 253 g/mol. The topological polar surface area (TPSA) is 58.6 Å². The van der Waals surface area contributed by atoms with E-state index in [4.69, 9.17) is 0 Å². The van der Waals surface area contributed by atoms with Crippen molar-refractivity contribution < 1.29 is 0 Å². The molecular weight excluding hydrogens is 238 g/mol. The molecule has 0 fully saturated rings. The van der Waals surface area contributed by atoms with E-state index >= 15 is 0 Å². The number of nitrogens with zero attached hydrogens (tertiary/aromatic N) is 2. The normalized spacial score (nSPS) is 12.8. The van der Waals surface area contributed by atoms with Crippen LogP contribution in [0.3, 0.4) is 0 Å². The zero-order chi connectivity index (χ0) is 13.7. The molecule has 2 heterocycles. The van der Waals surface area contributed by atoms with Crippen LogP contribution in [0.4, 0.5) is 0 Å². The Labute approximate surface area is 111 Å². The summed E-state index contributed by atoms with van der Waals surface area (Å²) in [6.45, 7) is 3.92. The predicted molar refractivity (Wildman–Crippen MR) is 77.8 cm³/mol. The van der Waals surface area contributed by atoms with Gasteiger partial charge < -0.3 is 4.98 Å². The number of pyridine rings is 1. The largest absolute Gasteiger partial charge is 0.306 e. The Kier molecular flexibility index (Phi) is 4.03. The minimum atomic E-state index is -0.153. The van der Waals surface area contributed by atoms with Gasteiger partial charge in [0.05, 0.1) is 17.1 Å². The van der Waals surface area contributed by atoms with Gasteiger partial charge in [-0.05, 0) is 31.6 Å². The fraction of sp³-hybridized carbons (Fsp3) is 0.133. The first-order valence-electron chi connectivity index (χ1n) is 6.05. The van der Waals surface area contributed by atoms with Crippen LogP contribution in [0, 0.1) is 0 Å². The number of allylic oxidation sites excluding steroid dienone is 5. The Bertz CT molecular complexity index is 723. The van der Waals surface area contributed by atoms with Gasteiger partial charge in [0.15, 0.2) is 0 Å². The Hall–Kier alpha value is -2.49. The van der Waals surface area contributed by atoms with Crippen LogP contribution in [0.5, 0.6) is 0 Å². The van der Waals surface area contributed by atoms with Crippen molar-refractivity contribution in [2.45, 2.75) is 13.8 Å². The van der Waals surface area contributed by atoms with E-state index in [1.54, 1.807) is 24.5 Å². The monoisotopic (exact) mass is 253 g/mol. The number of fused-ring (bicyclic) bond motifs is 1. The summed E-state index contributed by atoms with van der Waals surface area (Å²) in [6.07, 6.45) is 12.8. The Balaban J connectivity index is 2.42. The van der Waals surface area contributed by atoms with Crippen LogP contribution in [-0.2, 0) is 0 Å². The number of hydrogen-bond donors (Lipinski definition) is 1. The van der Waals surface area contributed by atoms with Crippen LogP contribution in [0.2, 0.25) is 0 Å². The molecule has 96 valence electrons. The predicted octanol–water partition coefficient (Wildman–Crippen LogP) is 2.85. The first-order chi connectivity index (χ1) is 9.24. The Morgan fingerprint density at radius 2 is 2.16 bits per heavy atom. The van der Waals surface area contributed by atoms with Gasteiger partial charge in [-0.2, -0.15) is 0 Å². The molecule has 4 heteroatoms. The van der Waals surface area contributed by atoms with Crippen molar-refractivity contribution in [3.8, 4) is 0 Å². The lowest BCUT2D eigenvalue weighted by atomic mass is 10.2. The standard InChI is InChI=1S/C15H15N3O/c1-3-5-11(4-2)6-7-14-17-13-10-16-9-8-12(13)15(19)18-14/h3-10H,1-2H3,(H,17,18,19)/b5-3?,7-6+,11-4?. The van der Waals surface area contributed by atoms with Crippen LogP contribution in [0.15, 0.2) is 53.1 Å². The molecule has 0 aliphatic heterocycles. The van der Waals surface area contributed by atoms with E-state index in [-0.39, 0.29) is 5.56 Å². The Morgan fingerprint density at radius 1 is 1.32 bits per heavy atom. The van der Waals surface area contributed by atoms with Crippen LogP contribution >= 0.6 is 0 Å². The molecule has 0 bridgehead atoms. The molecule has 0 radical (unpaired) electrons. The summed E-state index contributed by atoms with van der Waals surface area (Å²) in [5.74, 6) is 0.523. The van der Waals surface area contributed by atoms with Crippen molar-refractivity contribution in [3.63, 3.8) is 0 Å². The van der Waals surface area contributed by atoms with E-state index < -0.39 is 0 Å². The van der Waals surface area contributed by atoms with E-state index in [1.165, 1.54) is 0 Å². The highest BCUT2D eigenvalue weighted by atomic mass is 16.1. The first-order valence-corrected chi connectivity index (χ1v) is 6.05. The molecule has 19 heavy (non-hydrogen) atoms. The van der Waals surface area contributed by atoms with Gasteiger partial charge >= 0.3 is 0 Å². The van der Waals surface area contributed by atoms with Gasteiger partial charge in [-0.3, -0.25) is 9.78 Å². The SMILES string of the molecule is CC=CC(=CC)/C=C/c1nc2cnccc2c(=O)[nH]1. The van der Waals surface area contributed by atoms with E-state index in [2.05, 4.69) is 15.0 Å². The van der Waals surface area contributed by atoms with Gasteiger partial charge in [-0.1, -0.05) is 24.3 Å². The molecule has 0 spiro atoms. The van der Waals surface area contributed by atoms with Crippen molar-refractivity contribution in [2.24, 2.45) is 0 Å². The zero-order valence-corrected chi connectivity index (χ0v) is 10.9. The second-order valence-electron chi connectivity index (χ2n) is 3.97. The van der Waals surface area contributed by atoms with E-state index in [9.17, 15) is 4.79 Å². The van der Waals surface area contributed by atoms with Crippen molar-refractivity contribution in [3.05, 3.63) is 64.5 Å². The molecular formula is C15H15N3O. The molecule has 0 unspecified atom stereocenters. The summed E-state index contributed by atoms with van der Waals surface area (Å²) in [5, 5.41) is 0.548. The number of nitrogens with one attached hydrogen (secondary N) is 1. The number of hydrogen-bond acceptors (Lipinski definition) is 3. The first kappa shape index (κ1) is 13.0. The molecule has 0 aliphatic carbocycles. The summed E-state index contributed by atoms with van der Waals surface area (Å²) in [6, 6.07) is 1.66. The fourth-order valence-corrected chi connectivity index (χ4v) is 1.70. The molecule has 1 N–H and O–H groups in total. The van der Waals surface area contributed by atoms with Gasteiger partial charge in [0.1, 0.15) is 5.82 Å². The lowest BCUT2D eigenvalue weighted by molar-refractivity contribution is 1.13. The molecule has 0 saturated heterocycles. The van der Waals surface area contributed by atoms with Gasteiger partial charge in [0.25, 0.3) is 5.56 Å². The lowest BCUT2D eigenvalue weighted by Gasteiger charge is -1.98. The van der Waals surface area contributed by atoms with Gasteiger partial charge in [0, 0.05) is 6.20 Å². The average Bonchev–Trinajstić information content (AvgIpc) is 2.43. The number of H-pyrrole nitrogens is 1. The maximum atomic E-state index is 11.9. The maximum Gasteiger partial charge on any atom is 0.259 e. The van der Waals surface area contributed by atoms with Crippen molar-refractivity contribution in [1.82, 2.24) is 15.0 Å². The van der Waals surface area contributed by atoms with Crippen LogP contribution in [0.25, 0.3) is 17.0 Å². The highest BCUT2D eigenvalue weighted by Crippen LogP contribution is 2.06. The minimum absolute atomic E-state index is 0.153. The zero-order valence-electron chi connectivity index (χ0n) is 10.9. The molecule has 0 saturated carbocycles. The quantitative estimate of drug-likeness (QED) is 0.856.